The van der Waals surface area contributed by atoms with E-state index in [4.69, 9.17) is 55.9 Å². The van der Waals surface area contributed by atoms with E-state index in [0.29, 0.717) is 49.1 Å². The van der Waals surface area contributed by atoms with Crippen LogP contribution < -0.4 is 10.6 Å². The normalized spacial score (nSPS) is 11.0. The molecule has 37 heavy (non-hydrogen) atoms. The Morgan fingerprint density at radius 1 is 0.973 bits per heavy atom. The van der Waals surface area contributed by atoms with Crippen LogP contribution in [0.3, 0.4) is 0 Å². The van der Waals surface area contributed by atoms with E-state index in [1.807, 2.05) is 18.2 Å². The summed E-state index contributed by atoms with van der Waals surface area (Å²) in [5.41, 5.74) is 4.39. The van der Waals surface area contributed by atoms with E-state index in [0.717, 1.165) is 11.9 Å². The molecule has 0 radical (unpaired) electrons. The van der Waals surface area contributed by atoms with Crippen molar-refractivity contribution in [3.05, 3.63) is 93.1 Å². The number of oxazole rings is 1. The number of halogens is 3. The van der Waals surface area contributed by atoms with Crippen molar-refractivity contribution in [2.24, 2.45) is 0 Å². The highest BCUT2D eigenvalue weighted by molar-refractivity contribution is 7.80. The highest BCUT2D eigenvalue weighted by atomic mass is 35.5. The third kappa shape index (κ3) is 5.36. The van der Waals surface area contributed by atoms with Gasteiger partial charge in [0, 0.05) is 11.1 Å². The van der Waals surface area contributed by atoms with Gasteiger partial charge in [-0.2, -0.15) is 0 Å². The van der Waals surface area contributed by atoms with Crippen molar-refractivity contribution < 1.29 is 13.6 Å². The minimum absolute atomic E-state index is 0.0351. The number of hydrogen-bond acceptors (Lipinski definition) is 5. The molecule has 0 aliphatic heterocycles. The average molecular weight is 571 g/mol. The number of aryl methyl sites for hydroxylation is 1. The maximum absolute atomic E-state index is 12.7. The molecule has 0 atom stereocenters. The van der Waals surface area contributed by atoms with Crippen molar-refractivity contribution in [2.45, 2.75) is 13.3 Å². The summed E-state index contributed by atoms with van der Waals surface area (Å²) in [7, 11) is 0. The van der Waals surface area contributed by atoms with Crippen LogP contribution in [0.5, 0.6) is 0 Å². The summed E-state index contributed by atoms with van der Waals surface area (Å²) >= 11 is 24.0. The van der Waals surface area contributed by atoms with E-state index in [1.54, 1.807) is 42.5 Å². The number of fused-ring (bicyclic) bond motifs is 1. The number of carbonyl (C=O) groups is 1. The van der Waals surface area contributed by atoms with E-state index in [2.05, 4.69) is 22.5 Å². The number of amides is 1. The molecule has 0 spiro atoms. The number of anilines is 1. The lowest BCUT2D eigenvalue weighted by atomic mass is 10.1. The monoisotopic (exact) mass is 569 g/mol. The second kappa shape index (κ2) is 10.6. The van der Waals surface area contributed by atoms with Crippen LogP contribution in [0, 0.1) is 0 Å². The lowest BCUT2D eigenvalue weighted by Crippen LogP contribution is -2.34. The van der Waals surface area contributed by atoms with Gasteiger partial charge in [0.1, 0.15) is 11.3 Å². The number of nitrogens with one attached hydrogen (secondary N) is 2. The lowest BCUT2D eigenvalue weighted by molar-refractivity contribution is 0.0951. The molecule has 186 valence electrons. The summed E-state index contributed by atoms with van der Waals surface area (Å²) in [5.74, 6) is 0.352. The van der Waals surface area contributed by atoms with Crippen molar-refractivity contribution in [3.63, 3.8) is 0 Å². The van der Waals surface area contributed by atoms with Crippen molar-refractivity contribution in [2.75, 3.05) is 5.32 Å². The summed E-state index contributed by atoms with van der Waals surface area (Å²) < 4.78 is 11.6. The molecule has 2 N–H and O–H groups in total. The van der Waals surface area contributed by atoms with Gasteiger partial charge in [-0.3, -0.25) is 10.1 Å². The maximum Gasteiger partial charge on any atom is 0.293 e. The zero-order valence-corrected chi connectivity index (χ0v) is 22.4. The highest BCUT2D eigenvalue weighted by Crippen LogP contribution is 2.34. The second-order valence-electron chi connectivity index (χ2n) is 8.04. The number of aromatic nitrogens is 1. The Morgan fingerprint density at radius 2 is 1.81 bits per heavy atom. The fourth-order valence-corrected chi connectivity index (χ4v) is 4.45. The first-order chi connectivity index (χ1) is 17.8. The fraction of sp³-hybridized carbons (Fsp3) is 0.0741. The number of benzene rings is 3. The molecular weight excluding hydrogens is 553 g/mol. The standard InChI is InChI=1S/C27H18Cl3N3O3S/c1-2-14-6-9-22-20(12-14)31-26(36-22)15-7-8-17(28)19(13-15)32-27(37)33-25(34)23-11-10-21(35-23)16-4-3-5-18(29)24(16)30/h3-13H,2H2,1H3,(H2,32,33,34,37). The summed E-state index contributed by atoms with van der Waals surface area (Å²) in [5, 5.41) is 6.69. The zero-order valence-electron chi connectivity index (χ0n) is 19.3. The number of thiocarbonyl (C=S) groups is 1. The Balaban J connectivity index is 1.31. The minimum Gasteiger partial charge on any atom is -0.451 e. The van der Waals surface area contributed by atoms with Gasteiger partial charge in [-0.1, -0.05) is 53.9 Å². The average Bonchev–Trinajstić information content (AvgIpc) is 3.54. The summed E-state index contributed by atoms with van der Waals surface area (Å²) in [6.45, 7) is 2.08. The largest absolute Gasteiger partial charge is 0.451 e. The Hall–Kier alpha value is -3.36. The van der Waals surface area contributed by atoms with E-state index >= 15 is 0 Å². The number of carbonyl (C=O) groups excluding carboxylic acids is 1. The predicted octanol–water partition coefficient (Wildman–Crippen LogP) is 8.40. The zero-order chi connectivity index (χ0) is 26.1. The van der Waals surface area contributed by atoms with Crippen LogP contribution >= 0.6 is 47.0 Å². The van der Waals surface area contributed by atoms with Crippen molar-refractivity contribution in [1.29, 1.82) is 0 Å². The quantitative estimate of drug-likeness (QED) is 0.207. The van der Waals surface area contributed by atoms with Crippen LogP contribution in [0.15, 0.2) is 75.6 Å². The fourth-order valence-electron chi connectivity index (χ4n) is 3.69. The van der Waals surface area contributed by atoms with Crippen LogP contribution in [-0.2, 0) is 6.42 Å². The van der Waals surface area contributed by atoms with Gasteiger partial charge in [-0.15, -0.1) is 0 Å². The molecule has 10 heteroatoms. The number of rotatable bonds is 5. The van der Waals surface area contributed by atoms with Gasteiger partial charge in [0.2, 0.25) is 5.89 Å². The third-order valence-electron chi connectivity index (χ3n) is 5.60. The van der Waals surface area contributed by atoms with Crippen LogP contribution in [-0.4, -0.2) is 16.0 Å². The smallest absolute Gasteiger partial charge is 0.293 e. The minimum atomic E-state index is -0.542. The molecule has 0 bridgehead atoms. The van der Waals surface area contributed by atoms with Gasteiger partial charge in [0.15, 0.2) is 16.5 Å². The van der Waals surface area contributed by atoms with Gasteiger partial charge in [0.25, 0.3) is 5.91 Å². The van der Waals surface area contributed by atoms with Gasteiger partial charge in [-0.25, -0.2) is 4.98 Å². The maximum atomic E-state index is 12.7. The molecular formula is C27H18Cl3N3O3S. The van der Waals surface area contributed by atoms with Crippen LogP contribution in [0.2, 0.25) is 15.1 Å². The van der Waals surface area contributed by atoms with Crippen LogP contribution in [0.4, 0.5) is 5.69 Å². The molecule has 5 aromatic rings. The summed E-state index contributed by atoms with van der Waals surface area (Å²) in [4.78, 5) is 17.3. The first-order valence-electron chi connectivity index (χ1n) is 11.2. The first kappa shape index (κ1) is 25.3. The Labute approximate surface area is 232 Å². The van der Waals surface area contributed by atoms with Gasteiger partial charge in [0.05, 0.1) is 20.8 Å². The summed E-state index contributed by atoms with van der Waals surface area (Å²) in [6.07, 6.45) is 0.907. The van der Waals surface area contributed by atoms with Crippen LogP contribution in [0.1, 0.15) is 23.0 Å². The van der Waals surface area contributed by atoms with Crippen molar-refractivity contribution >= 4 is 74.8 Å². The Kier molecular flexibility index (Phi) is 7.22. The molecule has 0 aliphatic rings. The molecule has 2 heterocycles. The Morgan fingerprint density at radius 3 is 2.62 bits per heavy atom. The molecule has 2 aromatic heterocycles. The van der Waals surface area contributed by atoms with Gasteiger partial charge >= 0.3 is 0 Å². The van der Waals surface area contributed by atoms with Gasteiger partial charge in [-0.05, 0) is 78.8 Å². The predicted molar refractivity (Wildman–Crippen MR) is 152 cm³/mol. The summed E-state index contributed by atoms with van der Waals surface area (Å²) in [6, 6.07) is 19.5. The van der Waals surface area contributed by atoms with E-state index < -0.39 is 5.91 Å². The molecule has 1 amide bonds. The van der Waals surface area contributed by atoms with Crippen molar-refractivity contribution in [1.82, 2.24) is 10.3 Å². The molecule has 0 aliphatic carbocycles. The first-order valence-corrected chi connectivity index (χ1v) is 12.7. The molecule has 0 unspecified atom stereocenters. The van der Waals surface area contributed by atoms with E-state index in [1.165, 1.54) is 11.6 Å². The molecule has 3 aromatic carbocycles. The number of hydrogen-bond donors (Lipinski definition) is 2. The highest BCUT2D eigenvalue weighted by Gasteiger charge is 2.17. The molecule has 0 saturated heterocycles. The number of furan rings is 1. The Bertz CT molecular complexity index is 1660. The lowest BCUT2D eigenvalue weighted by Gasteiger charge is -2.11. The van der Waals surface area contributed by atoms with E-state index in [9.17, 15) is 4.79 Å². The third-order valence-corrected chi connectivity index (χ3v) is 6.95. The molecule has 5 rings (SSSR count). The van der Waals surface area contributed by atoms with E-state index in [-0.39, 0.29) is 10.9 Å². The topological polar surface area (TPSA) is 80.3 Å². The second-order valence-corrected chi connectivity index (χ2v) is 9.64. The molecule has 0 fully saturated rings. The van der Waals surface area contributed by atoms with Crippen molar-refractivity contribution in [3.8, 4) is 22.8 Å². The number of nitrogens with zero attached hydrogens (tertiary/aromatic N) is 1. The molecule has 0 saturated carbocycles. The molecule has 6 nitrogen and oxygen atoms in total. The van der Waals surface area contributed by atoms with Gasteiger partial charge < -0.3 is 14.2 Å². The SMILES string of the molecule is CCc1ccc2oc(-c3ccc(Cl)c(NC(=S)NC(=O)c4ccc(-c5cccc(Cl)c5Cl)o4)c3)nc2c1. The van der Waals surface area contributed by atoms with Crippen LogP contribution in [0.25, 0.3) is 33.9 Å².